The average Bonchev–Trinajstić information content (AvgIpc) is 3.10. The van der Waals surface area contributed by atoms with Crippen molar-refractivity contribution in [3.05, 3.63) is 64.6 Å². The highest BCUT2D eigenvalue weighted by Crippen LogP contribution is 2.29. The van der Waals surface area contributed by atoms with Crippen LogP contribution in [0, 0.1) is 0 Å². The smallest absolute Gasteiger partial charge is 0.107 e. The number of thiazole rings is 1. The lowest BCUT2D eigenvalue weighted by Crippen LogP contribution is -2.12. The highest BCUT2D eigenvalue weighted by atomic mass is 32.1. The van der Waals surface area contributed by atoms with Gasteiger partial charge in [-0.3, -0.25) is 0 Å². The number of benzene rings is 1. The van der Waals surface area contributed by atoms with Crippen LogP contribution in [-0.2, 0) is 13.1 Å². The summed E-state index contributed by atoms with van der Waals surface area (Å²) in [5.41, 5.74) is 1.30. The summed E-state index contributed by atoms with van der Waals surface area (Å²) in [4.78, 5) is 7.02. The van der Waals surface area contributed by atoms with Gasteiger partial charge in [0.25, 0.3) is 0 Å². The minimum atomic E-state index is 0.824. The van der Waals surface area contributed by atoms with Crippen molar-refractivity contribution in [1.29, 1.82) is 0 Å². The van der Waals surface area contributed by atoms with E-state index < -0.39 is 0 Å². The summed E-state index contributed by atoms with van der Waals surface area (Å²) < 4.78 is 0. The zero-order valence-corrected chi connectivity index (χ0v) is 12.0. The van der Waals surface area contributed by atoms with Crippen LogP contribution in [-0.4, -0.2) is 4.98 Å². The molecule has 2 nitrogen and oxygen atoms in total. The van der Waals surface area contributed by atoms with Crippen LogP contribution in [0.25, 0.3) is 9.75 Å². The molecule has 19 heavy (non-hydrogen) atoms. The minimum absolute atomic E-state index is 0.824. The standard InChI is InChI=1S/C15H14N2S2/c1-2-5-12(6-3-1)9-16-11-15-17-10-14(19-15)13-7-4-8-18-13/h1-8,10,16H,9,11H2. The zero-order chi connectivity index (χ0) is 12.9. The molecule has 0 amide bonds. The minimum Gasteiger partial charge on any atom is -0.306 e. The second-order valence-corrected chi connectivity index (χ2v) is 6.25. The van der Waals surface area contributed by atoms with Gasteiger partial charge in [-0.1, -0.05) is 36.4 Å². The Morgan fingerprint density at radius 1 is 0.947 bits per heavy atom. The molecule has 1 aromatic carbocycles. The van der Waals surface area contributed by atoms with Crippen LogP contribution >= 0.6 is 22.7 Å². The first-order valence-electron chi connectivity index (χ1n) is 6.15. The van der Waals surface area contributed by atoms with E-state index in [1.54, 1.807) is 22.7 Å². The molecule has 0 spiro atoms. The molecule has 0 bridgehead atoms. The van der Waals surface area contributed by atoms with Crippen molar-refractivity contribution >= 4 is 22.7 Å². The summed E-state index contributed by atoms with van der Waals surface area (Å²) in [6.07, 6.45) is 1.97. The van der Waals surface area contributed by atoms with Crippen molar-refractivity contribution in [2.45, 2.75) is 13.1 Å². The summed E-state index contributed by atoms with van der Waals surface area (Å²) in [6.45, 7) is 1.71. The first kappa shape index (κ1) is 12.5. The lowest BCUT2D eigenvalue weighted by Gasteiger charge is -2.01. The van der Waals surface area contributed by atoms with E-state index in [-0.39, 0.29) is 0 Å². The number of thiophene rings is 1. The summed E-state index contributed by atoms with van der Waals surface area (Å²) >= 11 is 3.52. The predicted octanol–water partition coefficient (Wildman–Crippen LogP) is 4.16. The van der Waals surface area contributed by atoms with Crippen LogP contribution in [0.1, 0.15) is 10.6 Å². The van der Waals surface area contributed by atoms with Crippen LogP contribution in [0.5, 0.6) is 0 Å². The van der Waals surface area contributed by atoms with E-state index in [0.29, 0.717) is 0 Å². The molecule has 2 heterocycles. The van der Waals surface area contributed by atoms with E-state index in [2.05, 4.69) is 52.1 Å². The molecule has 0 saturated heterocycles. The number of hydrogen-bond donors (Lipinski definition) is 1. The number of aromatic nitrogens is 1. The quantitative estimate of drug-likeness (QED) is 0.761. The van der Waals surface area contributed by atoms with E-state index >= 15 is 0 Å². The van der Waals surface area contributed by atoms with Gasteiger partial charge in [-0.05, 0) is 17.0 Å². The Morgan fingerprint density at radius 3 is 2.63 bits per heavy atom. The molecule has 0 aliphatic heterocycles. The van der Waals surface area contributed by atoms with E-state index in [0.717, 1.165) is 18.1 Å². The second kappa shape index (κ2) is 6.10. The lowest BCUT2D eigenvalue weighted by atomic mass is 10.2. The highest BCUT2D eigenvalue weighted by molar-refractivity contribution is 7.21. The molecular weight excluding hydrogens is 272 g/mol. The number of rotatable bonds is 5. The fraction of sp³-hybridized carbons (Fsp3) is 0.133. The van der Waals surface area contributed by atoms with Gasteiger partial charge in [-0.25, -0.2) is 4.98 Å². The first-order valence-corrected chi connectivity index (χ1v) is 7.84. The van der Waals surface area contributed by atoms with Gasteiger partial charge in [0.2, 0.25) is 0 Å². The van der Waals surface area contributed by atoms with E-state index in [9.17, 15) is 0 Å². The zero-order valence-electron chi connectivity index (χ0n) is 10.4. The largest absolute Gasteiger partial charge is 0.306 e. The van der Waals surface area contributed by atoms with Crippen LogP contribution in [0.15, 0.2) is 54.0 Å². The van der Waals surface area contributed by atoms with Gasteiger partial charge in [0.15, 0.2) is 0 Å². The SMILES string of the molecule is c1ccc(CNCc2ncc(-c3cccs3)s2)cc1. The Morgan fingerprint density at radius 2 is 1.84 bits per heavy atom. The van der Waals surface area contributed by atoms with Gasteiger partial charge in [-0.2, -0.15) is 0 Å². The summed E-state index contributed by atoms with van der Waals surface area (Å²) in [7, 11) is 0. The number of nitrogens with one attached hydrogen (secondary N) is 1. The van der Waals surface area contributed by atoms with Crippen molar-refractivity contribution in [2.75, 3.05) is 0 Å². The van der Waals surface area contributed by atoms with Crippen LogP contribution in [0.4, 0.5) is 0 Å². The average molecular weight is 286 g/mol. The molecule has 0 saturated carbocycles. The van der Waals surface area contributed by atoms with Crippen molar-refractivity contribution in [3.63, 3.8) is 0 Å². The molecular formula is C15H14N2S2. The van der Waals surface area contributed by atoms with Crippen molar-refractivity contribution in [1.82, 2.24) is 10.3 Å². The summed E-state index contributed by atoms with van der Waals surface area (Å²) in [6, 6.07) is 14.6. The first-order chi connectivity index (χ1) is 9.42. The molecule has 0 unspecified atom stereocenters. The fourth-order valence-electron chi connectivity index (χ4n) is 1.83. The monoisotopic (exact) mass is 286 g/mol. The van der Waals surface area contributed by atoms with Gasteiger partial charge >= 0.3 is 0 Å². The van der Waals surface area contributed by atoms with Crippen molar-refractivity contribution in [2.24, 2.45) is 0 Å². The second-order valence-electron chi connectivity index (χ2n) is 4.18. The third kappa shape index (κ3) is 3.29. The maximum absolute atomic E-state index is 4.47. The highest BCUT2D eigenvalue weighted by Gasteiger charge is 2.04. The van der Waals surface area contributed by atoms with Gasteiger partial charge in [-0.15, -0.1) is 22.7 Å². The Hall–Kier alpha value is -1.49. The van der Waals surface area contributed by atoms with Crippen LogP contribution in [0.3, 0.4) is 0 Å². The van der Waals surface area contributed by atoms with Gasteiger partial charge in [0.05, 0.1) is 4.88 Å². The molecule has 4 heteroatoms. The number of nitrogens with zero attached hydrogens (tertiary/aromatic N) is 1. The van der Waals surface area contributed by atoms with Crippen LogP contribution < -0.4 is 5.32 Å². The molecule has 0 atom stereocenters. The molecule has 0 fully saturated rings. The molecule has 0 radical (unpaired) electrons. The van der Waals surface area contributed by atoms with Crippen LogP contribution in [0.2, 0.25) is 0 Å². The Labute approximate surface area is 120 Å². The third-order valence-corrected chi connectivity index (χ3v) is 4.83. The Balaban J connectivity index is 1.56. The van der Waals surface area contributed by atoms with Crippen molar-refractivity contribution in [3.8, 4) is 9.75 Å². The van der Waals surface area contributed by atoms with Gasteiger partial charge in [0, 0.05) is 24.2 Å². The Kier molecular flexibility index (Phi) is 4.03. The number of hydrogen-bond acceptors (Lipinski definition) is 4. The topological polar surface area (TPSA) is 24.9 Å². The van der Waals surface area contributed by atoms with Gasteiger partial charge < -0.3 is 5.32 Å². The summed E-state index contributed by atoms with van der Waals surface area (Å²) in [5, 5.41) is 6.67. The normalized spacial score (nSPS) is 10.7. The van der Waals surface area contributed by atoms with Gasteiger partial charge in [0.1, 0.15) is 5.01 Å². The molecule has 0 aliphatic rings. The lowest BCUT2D eigenvalue weighted by molar-refractivity contribution is 0.690. The maximum atomic E-state index is 4.47. The van der Waals surface area contributed by atoms with E-state index in [1.165, 1.54) is 15.3 Å². The summed E-state index contributed by atoms with van der Waals surface area (Å²) in [5.74, 6) is 0. The molecule has 1 N–H and O–H groups in total. The maximum Gasteiger partial charge on any atom is 0.107 e. The van der Waals surface area contributed by atoms with Crippen molar-refractivity contribution < 1.29 is 0 Å². The Bertz CT molecular complexity index is 615. The molecule has 96 valence electrons. The molecule has 0 aliphatic carbocycles. The van der Waals surface area contributed by atoms with E-state index in [1.807, 2.05) is 12.3 Å². The predicted molar refractivity (Wildman–Crippen MR) is 82.4 cm³/mol. The molecule has 3 aromatic rings. The molecule has 3 rings (SSSR count). The fourth-order valence-corrected chi connectivity index (χ4v) is 3.54. The third-order valence-electron chi connectivity index (χ3n) is 2.77. The molecule has 2 aromatic heterocycles. The van der Waals surface area contributed by atoms with E-state index in [4.69, 9.17) is 0 Å².